The van der Waals surface area contributed by atoms with Gasteiger partial charge in [-0.2, -0.15) is 0 Å². The van der Waals surface area contributed by atoms with Crippen LogP contribution in [0.3, 0.4) is 0 Å². The normalized spacial score (nSPS) is 22.4. The van der Waals surface area contributed by atoms with Crippen molar-refractivity contribution in [2.24, 2.45) is 0 Å². The van der Waals surface area contributed by atoms with E-state index in [1.54, 1.807) is 4.90 Å². The minimum absolute atomic E-state index is 0.0946. The molecule has 4 heteroatoms. The predicted octanol–water partition coefficient (Wildman–Crippen LogP) is 0.396. The summed E-state index contributed by atoms with van der Waals surface area (Å²) in [7, 11) is 0. The third kappa shape index (κ3) is 3.64. The van der Waals surface area contributed by atoms with E-state index in [0.717, 1.165) is 19.4 Å². The maximum atomic E-state index is 11.6. The standard InChI is InChI=1S/C10H19NO3/c1-2-14-7-5-10(13)11-6-3-4-9(12)8-11/h9,12H,2-8H2,1H3/t9-/m0/s1. The Morgan fingerprint density at radius 2 is 2.43 bits per heavy atom. The maximum absolute atomic E-state index is 11.6. The lowest BCUT2D eigenvalue weighted by Crippen LogP contribution is -2.42. The number of ether oxygens (including phenoxy) is 1. The number of aliphatic hydroxyl groups excluding tert-OH is 1. The molecule has 1 amide bonds. The number of carbonyl (C=O) groups excluding carboxylic acids is 1. The van der Waals surface area contributed by atoms with Crippen LogP contribution in [0.1, 0.15) is 26.2 Å². The van der Waals surface area contributed by atoms with Crippen LogP contribution in [0.2, 0.25) is 0 Å². The van der Waals surface area contributed by atoms with Gasteiger partial charge in [-0.1, -0.05) is 0 Å². The Kier molecular flexibility index (Phi) is 4.90. The van der Waals surface area contributed by atoms with Crippen molar-refractivity contribution in [3.63, 3.8) is 0 Å². The fourth-order valence-electron chi connectivity index (χ4n) is 1.64. The Bertz CT molecular complexity index is 184. The van der Waals surface area contributed by atoms with Gasteiger partial charge in [0.2, 0.25) is 5.91 Å². The molecule has 82 valence electrons. The molecule has 0 spiro atoms. The van der Waals surface area contributed by atoms with Crippen LogP contribution in [0.15, 0.2) is 0 Å². The van der Waals surface area contributed by atoms with Gasteiger partial charge in [0.1, 0.15) is 0 Å². The third-order valence-corrected chi connectivity index (χ3v) is 2.41. The summed E-state index contributed by atoms with van der Waals surface area (Å²) >= 11 is 0. The lowest BCUT2D eigenvalue weighted by molar-refractivity contribution is -0.135. The quantitative estimate of drug-likeness (QED) is 0.670. The molecule has 1 atom stereocenters. The fraction of sp³-hybridized carbons (Fsp3) is 0.900. The number of rotatable bonds is 4. The molecule has 1 rings (SSSR count). The summed E-state index contributed by atoms with van der Waals surface area (Å²) in [6.07, 6.45) is 1.82. The van der Waals surface area contributed by atoms with Crippen molar-refractivity contribution in [3.8, 4) is 0 Å². The highest BCUT2D eigenvalue weighted by Crippen LogP contribution is 2.10. The predicted molar refractivity (Wildman–Crippen MR) is 52.9 cm³/mol. The third-order valence-electron chi connectivity index (χ3n) is 2.41. The van der Waals surface area contributed by atoms with E-state index in [4.69, 9.17) is 4.74 Å². The molecule has 1 aliphatic rings. The molecule has 0 saturated carbocycles. The van der Waals surface area contributed by atoms with Crippen LogP contribution in [0, 0.1) is 0 Å². The second-order valence-electron chi connectivity index (χ2n) is 3.58. The van der Waals surface area contributed by atoms with Crippen molar-refractivity contribution in [2.45, 2.75) is 32.3 Å². The van der Waals surface area contributed by atoms with Gasteiger partial charge >= 0.3 is 0 Å². The van der Waals surface area contributed by atoms with Crippen LogP contribution >= 0.6 is 0 Å². The van der Waals surface area contributed by atoms with Crippen molar-refractivity contribution in [3.05, 3.63) is 0 Å². The molecule has 1 N–H and O–H groups in total. The lowest BCUT2D eigenvalue weighted by atomic mass is 10.1. The first-order valence-corrected chi connectivity index (χ1v) is 5.27. The van der Waals surface area contributed by atoms with Crippen LogP contribution in [0.5, 0.6) is 0 Å². The van der Waals surface area contributed by atoms with Gasteiger partial charge in [-0.25, -0.2) is 0 Å². The van der Waals surface area contributed by atoms with Crippen LogP contribution in [0.4, 0.5) is 0 Å². The number of hydrogen-bond acceptors (Lipinski definition) is 3. The summed E-state index contributed by atoms with van der Waals surface area (Å²) in [5, 5.41) is 9.37. The van der Waals surface area contributed by atoms with Crippen LogP contribution in [0.25, 0.3) is 0 Å². The second kappa shape index (κ2) is 5.98. The van der Waals surface area contributed by atoms with E-state index in [-0.39, 0.29) is 12.0 Å². The average Bonchev–Trinajstić information content (AvgIpc) is 2.18. The molecule has 1 aliphatic heterocycles. The zero-order chi connectivity index (χ0) is 10.4. The van der Waals surface area contributed by atoms with E-state index in [1.807, 2.05) is 6.92 Å². The molecular formula is C10H19NO3. The smallest absolute Gasteiger partial charge is 0.224 e. The summed E-state index contributed by atoms with van der Waals surface area (Å²) in [6, 6.07) is 0. The molecule has 1 saturated heterocycles. The molecule has 1 heterocycles. The first-order valence-electron chi connectivity index (χ1n) is 5.27. The second-order valence-corrected chi connectivity index (χ2v) is 3.58. The average molecular weight is 201 g/mol. The Hall–Kier alpha value is -0.610. The van der Waals surface area contributed by atoms with Gasteiger partial charge in [0.25, 0.3) is 0 Å². The summed E-state index contributed by atoms with van der Waals surface area (Å²) < 4.78 is 5.11. The van der Waals surface area contributed by atoms with Crippen molar-refractivity contribution in [1.29, 1.82) is 0 Å². The zero-order valence-electron chi connectivity index (χ0n) is 8.74. The Morgan fingerprint density at radius 3 is 3.07 bits per heavy atom. The molecule has 0 bridgehead atoms. The number of hydrogen-bond donors (Lipinski definition) is 1. The van der Waals surface area contributed by atoms with Gasteiger partial charge in [0, 0.05) is 19.7 Å². The van der Waals surface area contributed by atoms with E-state index in [0.29, 0.717) is 26.2 Å². The molecular weight excluding hydrogens is 182 g/mol. The van der Waals surface area contributed by atoms with E-state index >= 15 is 0 Å². The Balaban J connectivity index is 2.22. The number of nitrogens with zero attached hydrogens (tertiary/aromatic N) is 1. The summed E-state index contributed by atoms with van der Waals surface area (Å²) in [4.78, 5) is 13.3. The minimum Gasteiger partial charge on any atom is -0.391 e. The first-order chi connectivity index (χ1) is 6.74. The molecule has 4 nitrogen and oxygen atoms in total. The minimum atomic E-state index is -0.334. The highest BCUT2D eigenvalue weighted by Gasteiger charge is 2.21. The Labute approximate surface area is 84.8 Å². The van der Waals surface area contributed by atoms with Gasteiger partial charge in [0.15, 0.2) is 0 Å². The highest BCUT2D eigenvalue weighted by atomic mass is 16.5. The number of aliphatic hydroxyl groups is 1. The van der Waals surface area contributed by atoms with E-state index in [2.05, 4.69) is 0 Å². The van der Waals surface area contributed by atoms with Gasteiger partial charge in [-0.3, -0.25) is 4.79 Å². The number of piperidine rings is 1. The molecule has 0 aromatic heterocycles. The van der Waals surface area contributed by atoms with Gasteiger partial charge in [-0.05, 0) is 19.8 Å². The van der Waals surface area contributed by atoms with Crippen LogP contribution < -0.4 is 0 Å². The molecule has 0 aliphatic carbocycles. The summed E-state index contributed by atoms with van der Waals surface area (Å²) in [5.74, 6) is 0.0946. The van der Waals surface area contributed by atoms with E-state index in [9.17, 15) is 9.90 Å². The zero-order valence-corrected chi connectivity index (χ0v) is 8.74. The molecule has 0 unspecified atom stereocenters. The SMILES string of the molecule is CCOCCC(=O)N1CCC[C@H](O)C1. The van der Waals surface area contributed by atoms with Gasteiger partial charge < -0.3 is 14.7 Å². The number of amides is 1. The van der Waals surface area contributed by atoms with E-state index < -0.39 is 0 Å². The highest BCUT2D eigenvalue weighted by molar-refractivity contribution is 5.76. The van der Waals surface area contributed by atoms with Crippen LogP contribution in [-0.2, 0) is 9.53 Å². The van der Waals surface area contributed by atoms with Gasteiger partial charge in [0.05, 0.1) is 19.1 Å². The molecule has 0 radical (unpaired) electrons. The Morgan fingerprint density at radius 1 is 1.64 bits per heavy atom. The molecule has 0 aromatic rings. The van der Waals surface area contributed by atoms with Crippen molar-refractivity contribution in [2.75, 3.05) is 26.3 Å². The van der Waals surface area contributed by atoms with Crippen LogP contribution in [-0.4, -0.2) is 48.3 Å². The molecule has 14 heavy (non-hydrogen) atoms. The maximum Gasteiger partial charge on any atom is 0.224 e. The lowest BCUT2D eigenvalue weighted by Gasteiger charge is -2.30. The molecule has 1 fully saturated rings. The van der Waals surface area contributed by atoms with Crippen molar-refractivity contribution < 1.29 is 14.6 Å². The van der Waals surface area contributed by atoms with Gasteiger partial charge in [-0.15, -0.1) is 0 Å². The van der Waals surface area contributed by atoms with Crippen molar-refractivity contribution >= 4 is 5.91 Å². The summed E-state index contributed by atoms with van der Waals surface area (Å²) in [6.45, 7) is 4.32. The van der Waals surface area contributed by atoms with Crippen molar-refractivity contribution in [1.82, 2.24) is 4.90 Å². The van der Waals surface area contributed by atoms with E-state index in [1.165, 1.54) is 0 Å². The number of carbonyl (C=O) groups is 1. The first kappa shape index (κ1) is 11.5. The summed E-state index contributed by atoms with van der Waals surface area (Å²) in [5.41, 5.74) is 0. The largest absolute Gasteiger partial charge is 0.391 e. The monoisotopic (exact) mass is 201 g/mol. The number of likely N-dealkylation sites (tertiary alicyclic amines) is 1. The number of β-amino-alcohol motifs (C(OH)–C–C–N with tert-alkyl or cyclic N) is 1. The molecule has 0 aromatic carbocycles. The fourth-order valence-corrected chi connectivity index (χ4v) is 1.64. The topological polar surface area (TPSA) is 49.8 Å².